The molecule has 12 atom stereocenters. The van der Waals surface area contributed by atoms with Crippen LogP contribution in [0, 0.1) is 56.7 Å². The van der Waals surface area contributed by atoms with Crippen molar-refractivity contribution in [3.05, 3.63) is 59.2 Å². The van der Waals surface area contributed by atoms with Crippen LogP contribution in [0.15, 0.2) is 48.1 Å². The SMILES string of the molecule is CC1(C)C2CCC(CN(CC(O)CO)CC3(O)CCC4C56C=CC7(C=C5C(=O)c5cccc(C(F)(F)F)c5)CC(O)CCC7(C)C6CCC43C)C1C2. The summed E-state index contributed by atoms with van der Waals surface area (Å²) in [5, 5.41) is 44.7. The number of fused-ring (bicyclic) bond motifs is 3. The molecule has 0 amide bonds. The summed E-state index contributed by atoms with van der Waals surface area (Å²) in [4.78, 5) is 17.0. The van der Waals surface area contributed by atoms with Crippen molar-refractivity contribution in [2.24, 2.45) is 56.7 Å². The zero-order valence-electron chi connectivity index (χ0n) is 31.3. The standard InChI is InChI=1S/C43H58F3NO5/c1-37(2)28-9-8-27(32(37)19-28)22-47(23-31(50)24-48)25-41(52)15-12-35-39(41,4)14-11-34-38(3)13-10-30(49)20-40(38)16-17-42(34,35)33(21-40)36(51)26-6-5-7-29(18-26)43(44,45)46/h5-7,16-18,21,27-28,30-32,34-35,48-50,52H,8-15,19-20,22-25H2,1-4H3. The van der Waals surface area contributed by atoms with Crippen molar-refractivity contribution in [2.75, 3.05) is 26.2 Å². The first-order chi connectivity index (χ1) is 24.3. The van der Waals surface area contributed by atoms with E-state index in [1.165, 1.54) is 25.0 Å². The van der Waals surface area contributed by atoms with Gasteiger partial charge in [-0.25, -0.2) is 0 Å². The first kappa shape index (κ1) is 36.9. The van der Waals surface area contributed by atoms with Crippen LogP contribution in [0.25, 0.3) is 0 Å². The van der Waals surface area contributed by atoms with Crippen molar-refractivity contribution in [1.29, 1.82) is 0 Å². The Balaban J connectivity index is 1.18. The van der Waals surface area contributed by atoms with Crippen LogP contribution in [0.1, 0.15) is 108 Å². The van der Waals surface area contributed by atoms with Gasteiger partial charge in [0.15, 0.2) is 5.78 Å². The van der Waals surface area contributed by atoms with Crippen molar-refractivity contribution in [3.63, 3.8) is 0 Å². The number of aliphatic hydroxyl groups excluding tert-OH is 3. The Kier molecular flexibility index (Phi) is 8.50. The molecule has 0 aliphatic heterocycles. The number of carbonyl (C=O) groups is 1. The molecule has 10 rings (SSSR count). The zero-order chi connectivity index (χ0) is 37.3. The Morgan fingerprint density at radius 2 is 1.69 bits per heavy atom. The van der Waals surface area contributed by atoms with Gasteiger partial charge in [0.1, 0.15) is 0 Å². The average molecular weight is 726 g/mol. The maximum atomic E-state index is 14.8. The van der Waals surface area contributed by atoms with E-state index in [0.29, 0.717) is 49.6 Å². The van der Waals surface area contributed by atoms with Gasteiger partial charge in [0.05, 0.1) is 30.0 Å². The van der Waals surface area contributed by atoms with Gasteiger partial charge >= 0.3 is 6.18 Å². The van der Waals surface area contributed by atoms with Crippen molar-refractivity contribution in [1.82, 2.24) is 4.90 Å². The van der Waals surface area contributed by atoms with Gasteiger partial charge in [-0.2, -0.15) is 13.2 Å². The van der Waals surface area contributed by atoms with Gasteiger partial charge in [0.2, 0.25) is 0 Å². The highest BCUT2D eigenvalue weighted by Crippen LogP contribution is 2.78. The first-order valence-corrected chi connectivity index (χ1v) is 19.9. The molecule has 0 saturated heterocycles. The lowest BCUT2D eigenvalue weighted by Crippen LogP contribution is -2.67. The van der Waals surface area contributed by atoms with Gasteiger partial charge in [0, 0.05) is 47.0 Å². The second-order valence-electron chi connectivity index (χ2n) is 19.4. The maximum absolute atomic E-state index is 14.8. The summed E-state index contributed by atoms with van der Waals surface area (Å²) in [6.45, 7) is 10.2. The third-order valence-electron chi connectivity index (χ3n) is 17.1. The van der Waals surface area contributed by atoms with Crippen LogP contribution in [0.4, 0.5) is 13.2 Å². The highest BCUT2D eigenvalue weighted by molar-refractivity contribution is 6.10. The van der Waals surface area contributed by atoms with Crippen molar-refractivity contribution < 1.29 is 38.4 Å². The molecule has 1 aromatic rings. The number of Topliss-reactive ketones (excluding diaryl/α,β-unsaturated/α-hetero) is 1. The van der Waals surface area contributed by atoms with E-state index in [0.717, 1.165) is 50.3 Å². The Bertz CT molecular complexity index is 1670. The van der Waals surface area contributed by atoms with Crippen molar-refractivity contribution in [2.45, 2.75) is 116 Å². The highest BCUT2D eigenvalue weighted by Gasteiger charge is 2.74. The molecule has 6 fully saturated rings. The molecule has 9 heteroatoms. The predicted molar refractivity (Wildman–Crippen MR) is 192 cm³/mol. The monoisotopic (exact) mass is 725 g/mol. The molecular formula is C43H58F3NO5. The Morgan fingerprint density at radius 1 is 0.981 bits per heavy atom. The fraction of sp³-hybridized carbons (Fsp3) is 0.744. The lowest BCUT2D eigenvalue weighted by molar-refractivity contribution is -0.179. The number of hydrogen-bond donors (Lipinski definition) is 4. The van der Waals surface area contributed by atoms with Crippen LogP contribution in [0.2, 0.25) is 0 Å². The number of aliphatic hydroxyl groups is 4. The maximum Gasteiger partial charge on any atom is 0.416 e. The van der Waals surface area contributed by atoms with Gasteiger partial charge < -0.3 is 20.4 Å². The van der Waals surface area contributed by atoms with E-state index in [1.807, 2.05) is 6.08 Å². The largest absolute Gasteiger partial charge is 0.416 e. The number of ketones is 1. The lowest BCUT2D eigenvalue weighted by atomic mass is 9.32. The normalized spacial score (nSPS) is 44.7. The third-order valence-corrected chi connectivity index (χ3v) is 17.1. The molecule has 0 heterocycles. The molecule has 4 N–H and O–H groups in total. The van der Waals surface area contributed by atoms with E-state index < -0.39 is 51.6 Å². The molecule has 1 aromatic carbocycles. The second kappa shape index (κ2) is 12.0. The number of nitrogens with zero attached hydrogens (tertiary/aromatic N) is 1. The molecule has 52 heavy (non-hydrogen) atoms. The number of carbonyl (C=O) groups excluding carboxylic acids is 1. The minimum atomic E-state index is -4.59. The zero-order valence-corrected chi connectivity index (χ0v) is 31.3. The van der Waals surface area contributed by atoms with E-state index in [4.69, 9.17) is 0 Å². The van der Waals surface area contributed by atoms with Crippen LogP contribution in [0.3, 0.4) is 0 Å². The minimum absolute atomic E-state index is 0.0166. The number of alkyl halides is 3. The van der Waals surface area contributed by atoms with Gasteiger partial charge in [-0.15, -0.1) is 0 Å². The molecule has 12 unspecified atom stereocenters. The second-order valence-corrected chi connectivity index (χ2v) is 19.4. The molecular weight excluding hydrogens is 667 g/mol. The number of hydrogen-bond acceptors (Lipinski definition) is 6. The summed E-state index contributed by atoms with van der Waals surface area (Å²) < 4.78 is 41.7. The summed E-state index contributed by atoms with van der Waals surface area (Å²) in [5.74, 6) is 1.28. The lowest BCUT2D eigenvalue weighted by Gasteiger charge is -2.71. The first-order valence-electron chi connectivity index (χ1n) is 19.9. The Labute approximate surface area is 306 Å². The van der Waals surface area contributed by atoms with Crippen LogP contribution < -0.4 is 0 Å². The summed E-state index contributed by atoms with van der Waals surface area (Å²) >= 11 is 0. The molecule has 2 spiro atoms. The molecule has 286 valence electrons. The topological polar surface area (TPSA) is 101 Å². The highest BCUT2D eigenvalue weighted by atomic mass is 19.4. The van der Waals surface area contributed by atoms with Crippen LogP contribution in [-0.2, 0) is 6.18 Å². The summed E-state index contributed by atoms with van der Waals surface area (Å²) in [5.41, 5.74) is -3.42. The van der Waals surface area contributed by atoms with Gasteiger partial charge in [0.25, 0.3) is 0 Å². The van der Waals surface area contributed by atoms with Crippen molar-refractivity contribution in [3.8, 4) is 0 Å². The molecule has 9 aliphatic carbocycles. The summed E-state index contributed by atoms with van der Waals surface area (Å²) in [7, 11) is 0. The number of benzene rings is 1. The van der Waals surface area contributed by atoms with E-state index in [-0.39, 0.29) is 41.4 Å². The average Bonchev–Trinajstić information content (AvgIpc) is 3.37. The fourth-order valence-corrected chi connectivity index (χ4v) is 14.0. The van der Waals surface area contributed by atoms with Crippen molar-refractivity contribution >= 4 is 5.78 Å². The number of halogens is 3. The molecule has 0 radical (unpaired) electrons. The van der Waals surface area contributed by atoms with E-state index in [9.17, 15) is 38.4 Å². The van der Waals surface area contributed by atoms with Gasteiger partial charge in [-0.1, -0.05) is 58.1 Å². The predicted octanol–water partition coefficient (Wildman–Crippen LogP) is 7.21. The fourth-order valence-electron chi connectivity index (χ4n) is 14.0. The molecule has 6 nitrogen and oxygen atoms in total. The van der Waals surface area contributed by atoms with Crippen LogP contribution in [-0.4, -0.2) is 75.2 Å². The van der Waals surface area contributed by atoms with E-state index in [2.05, 4.69) is 44.7 Å². The molecule has 4 bridgehead atoms. The molecule has 9 aliphatic rings. The number of allylic oxidation sites excluding steroid dienone is 4. The van der Waals surface area contributed by atoms with Gasteiger partial charge in [-0.05, 0) is 117 Å². The summed E-state index contributed by atoms with van der Waals surface area (Å²) in [6, 6.07) is 4.76. The number of rotatable bonds is 9. The third kappa shape index (κ3) is 5.03. The molecule has 6 saturated carbocycles. The Hall–Kier alpha value is -2.04. The summed E-state index contributed by atoms with van der Waals surface area (Å²) in [6.07, 6.45) is 8.51. The minimum Gasteiger partial charge on any atom is -0.394 e. The van der Waals surface area contributed by atoms with E-state index in [1.54, 1.807) is 0 Å². The van der Waals surface area contributed by atoms with E-state index >= 15 is 0 Å². The Morgan fingerprint density at radius 3 is 2.38 bits per heavy atom. The van der Waals surface area contributed by atoms with Crippen LogP contribution in [0.5, 0.6) is 0 Å². The quantitative estimate of drug-likeness (QED) is 0.159. The molecule has 0 aromatic heterocycles. The van der Waals surface area contributed by atoms with Crippen LogP contribution >= 0.6 is 0 Å². The van der Waals surface area contributed by atoms with Gasteiger partial charge in [-0.3, -0.25) is 9.69 Å². The smallest absolute Gasteiger partial charge is 0.394 e.